The van der Waals surface area contributed by atoms with E-state index in [1.165, 1.54) is 21.6 Å². The molecule has 0 radical (unpaired) electrons. The average Bonchev–Trinajstić information content (AvgIpc) is 2.70. The molecule has 0 aromatic heterocycles. The number of likely N-dealkylation sites (N-methyl/N-ethyl adjacent to an activating group) is 1. The number of nitrogens with one attached hydrogen (secondary N) is 4. The maximum atomic E-state index is 12.6. The fourth-order valence-corrected chi connectivity index (χ4v) is 5.44. The molecule has 0 heterocycles. The summed E-state index contributed by atoms with van der Waals surface area (Å²) in [6.07, 6.45) is 2.65. The molecular weight excluding hydrogens is 502 g/mol. The van der Waals surface area contributed by atoms with Gasteiger partial charge in [0, 0.05) is 31.0 Å². The largest absolute Gasteiger partial charge is 0.356 e. The van der Waals surface area contributed by atoms with Gasteiger partial charge in [-0.05, 0) is 33.2 Å². The summed E-state index contributed by atoms with van der Waals surface area (Å²) in [4.78, 5) is 36.5. The molecule has 14 heteroatoms. The van der Waals surface area contributed by atoms with Gasteiger partial charge in [-0.25, -0.2) is 0 Å². The van der Waals surface area contributed by atoms with Gasteiger partial charge in [-0.1, -0.05) is 21.6 Å². The fraction of sp³-hybridized carbons (Fsp3) is 0.850. The fourth-order valence-electron chi connectivity index (χ4n) is 2.88. The number of quaternary nitrogens is 1. The van der Waals surface area contributed by atoms with Crippen molar-refractivity contribution in [3.8, 4) is 0 Å². The Balaban J connectivity index is 4.60. The lowest BCUT2D eigenvalue weighted by Crippen LogP contribution is -2.54. The maximum absolute atomic E-state index is 12.6. The van der Waals surface area contributed by atoms with Crippen molar-refractivity contribution in [1.29, 1.82) is 0 Å². The Morgan fingerprint density at radius 1 is 0.971 bits per heavy atom. The lowest BCUT2D eigenvalue weighted by Gasteiger charge is -2.24. The monoisotopic (exact) mass is 544 g/mol. The average molecular weight is 545 g/mol. The first-order valence-electron chi connectivity index (χ1n) is 11.3. The molecule has 0 saturated carbocycles. The molecule has 34 heavy (non-hydrogen) atoms. The highest BCUT2D eigenvalue weighted by atomic mass is 33.1. The minimum atomic E-state index is -4.48. The van der Waals surface area contributed by atoms with Crippen molar-refractivity contribution in [2.45, 2.75) is 44.7 Å². The van der Waals surface area contributed by atoms with Crippen LogP contribution in [0.15, 0.2) is 0 Å². The van der Waals surface area contributed by atoms with Crippen LogP contribution < -0.4 is 21.3 Å². The molecule has 0 aromatic carbocycles. The predicted molar refractivity (Wildman–Crippen MR) is 139 cm³/mol. The third kappa shape index (κ3) is 18.3. The highest BCUT2D eigenvalue weighted by Crippen LogP contribution is 2.20. The molecule has 0 fully saturated rings. The van der Waals surface area contributed by atoms with Crippen molar-refractivity contribution >= 4 is 49.4 Å². The van der Waals surface area contributed by atoms with Gasteiger partial charge in [0.2, 0.25) is 17.7 Å². The molecule has 0 bridgehead atoms. The third-order valence-electron chi connectivity index (χ3n) is 4.60. The molecular formula is C20H42N5O6S3+. The molecule has 2 atom stereocenters. The van der Waals surface area contributed by atoms with E-state index in [9.17, 15) is 27.4 Å². The molecule has 0 aliphatic carbocycles. The number of unbranched alkanes of at least 4 members (excludes halogenated alkanes) is 1. The van der Waals surface area contributed by atoms with Crippen LogP contribution >= 0.6 is 21.6 Å². The minimum absolute atomic E-state index is 0.0130. The van der Waals surface area contributed by atoms with Crippen molar-refractivity contribution in [3.05, 3.63) is 0 Å². The molecule has 11 nitrogen and oxygen atoms in total. The molecule has 0 saturated heterocycles. The summed E-state index contributed by atoms with van der Waals surface area (Å²) in [5.74, 6) is -0.932. The zero-order valence-electron chi connectivity index (χ0n) is 20.9. The summed E-state index contributed by atoms with van der Waals surface area (Å²) in [7, 11) is 6.37. The Labute approximate surface area is 212 Å². The smallest absolute Gasteiger partial charge is 0.267 e. The van der Waals surface area contributed by atoms with Crippen LogP contribution in [-0.2, 0) is 24.5 Å². The number of rotatable bonds is 19. The van der Waals surface area contributed by atoms with E-state index in [1.807, 2.05) is 6.92 Å². The van der Waals surface area contributed by atoms with Gasteiger partial charge in [0.15, 0.2) is 0 Å². The van der Waals surface area contributed by atoms with Gasteiger partial charge in [0.05, 0.1) is 33.7 Å². The van der Waals surface area contributed by atoms with Gasteiger partial charge < -0.3 is 25.8 Å². The van der Waals surface area contributed by atoms with E-state index in [2.05, 4.69) is 42.4 Å². The van der Waals surface area contributed by atoms with E-state index in [-0.39, 0.29) is 12.5 Å². The van der Waals surface area contributed by atoms with Crippen LogP contribution in [0.4, 0.5) is 0 Å². The summed E-state index contributed by atoms with van der Waals surface area (Å²) in [5.41, 5.74) is 0. The first-order chi connectivity index (χ1) is 15.8. The molecule has 0 rings (SSSR count). The number of nitrogens with zero attached hydrogens (tertiary/aromatic N) is 1. The predicted octanol–water partition coefficient (Wildman–Crippen LogP) is -0.153. The topological polar surface area (TPSA) is 154 Å². The van der Waals surface area contributed by atoms with E-state index in [0.29, 0.717) is 30.9 Å². The summed E-state index contributed by atoms with van der Waals surface area (Å²) in [6, 6.07) is -1.99. The number of carbonyl (C=O) groups excluding carboxylic acids is 3. The molecule has 2 unspecified atom stereocenters. The lowest BCUT2D eigenvalue weighted by atomic mass is 10.1. The van der Waals surface area contributed by atoms with E-state index in [1.54, 1.807) is 7.05 Å². The highest BCUT2D eigenvalue weighted by Gasteiger charge is 2.28. The Hall–Kier alpha value is -1.06. The lowest BCUT2D eigenvalue weighted by molar-refractivity contribution is -0.870. The standard InChI is InChI=1S/C20H41N5O6S3/c1-6-22-18(26)10-13-32-33-14-11-23-19(27)17(15-34(29,30)31)24-20(28)16(21-2)9-7-8-12-25(3,4)5/h16-17,21H,6-15H2,1-5H3,(H3-,22,23,24,26,27,28,29,30,31)/p+1. The van der Waals surface area contributed by atoms with Gasteiger partial charge in [-0.2, -0.15) is 8.42 Å². The second-order valence-corrected chi connectivity index (χ2v) is 13.0. The molecule has 0 aromatic rings. The second kappa shape index (κ2) is 17.4. The summed E-state index contributed by atoms with van der Waals surface area (Å²) < 4.78 is 32.8. The van der Waals surface area contributed by atoms with Crippen LogP contribution in [0, 0.1) is 0 Å². The zero-order chi connectivity index (χ0) is 26.2. The summed E-state index contributed by atoms with van der Waals surface area (Å²) in [6.45, 7) is 3.65. The van der Waals surface area contributed by atoms with Crippen molar-refractivity contribution < 1.29 is 31.8 Å². The number of hydrogen-bond donors (Lipinski definition) is 5. The molecule has 200 valence electrons. The third-order valence-corrected chi connectivity index (χ3v) is 7.76. The van der Waals surface area contributed by atoms with Gasteiger partial charge >= 0.3 is 0 Å². The van der Waals surface area contributed by atoms with E-state index in [4.69, 9.17) is 0 Å². The Morgan fingerprint density at radius 2 is 1.62 bits per heavy atom. The maximum Gasteiger partial charge on any atom is 0.267 e. The molecule has 0 aliphatic heterocycles. The van der Waals surface area contributed by atoms with E-state index >= 15 is 0 Å². The molecule has 3 amide bonds. The number of hydrogen-bond acceptors (Lipinski definition) is 8. The van der Waals surface area contributed by atoms with Crippen LogP contribution in [0.1, 0.15) is 32.6 Å². The summed E-state index contributed by atoms with van der Waals surface area (Å²) in [5, 5.41) is 10.7. The van der Waals surface area contributed by atoms with Crippen LogP contribution in [0.25, 0.3) is 0 Å². The highest BCUT2D eigenvalue weighted by molar-refractivity contribution is 8.76. The van der Waals surface area contributed by atoms with Gasteiger partial charge in [-0.3, -0.25) is 18.9 Å². The van der Waals surface area contributed by atoms with Gasteiger partial charge in [0.1, 0.15) is 11.8 Å². The Morgan fingerprint density at radius 3 is 2.18 bits per heavy atom. The van der Waals surface area contributed by atoms with Crippen molar-refractivity contribution in [1.82, 2.24) is 21.3 Å². The van der Waals surface area contributed by atoms with Gasteiger partial charge in [-0.15, -0.1) is 0 Å². The van der Waals surface area contributed by atoms with Crippen molar-refractivity contribution in [3.63, 3.8) is 0 Å². The Bertz CT molecular complexity index is 731. The Kier molecular flexibility index (Phi) is 16.8. The SMILES string of the molecule is CCNC(=O)CCSSCCNC(=O)C(CS(=O)(=O)O)NC(=O)C(CCCC[N+](C)(C)C)NC. The quantitative estimate of drug-likeness (QED) is 0.0646. The van der Waals surface area contributed by atoms with Crippen LogP contribution in [0.5, 0.6) is 0 Å². The van der Waals surface area contributed by atoms with Crippen molar-refractivity contribution in [2.75, 3.05) is 65.1 Å². The van der Waals surface area contributed by atoms with E-state index in [0.717, 1.165) is 23.9 Å². The van der Waals surface area contributed by atoms with E-state index < -0.39 is 39.8 Å². The minimum Gasteiger partial charge on any atom is -0.356 e. The first kappa shape index (κ1) is 32.9. The molecule has 0 aliphatic rings. The summed E-state index contributed by atoms with van der Waals surface area (Å²) >= 11 is 0. The van der Waals surface area contributed by atoms with Crippen molar-refractivity contribution in [2.24, 2.45) is 0 Å². The molecule has 5 N–H and O–H groups in total. The number of amides is 3. The van der Waals surface area contributed by atoms with Crippen LogP contribution in [0.2, 0.25) is 0 Å². The van der Waals surface area contributed by atoms with Crippen LogP contribution in [0.3, 0.4) is 0 Å². The normalized spacial score (nSPS) is 13.7. The molecule has 0 spiro atoms. The first-order valence-corrected chi connectivity index (χ1v) is 15.4. The number of carbonyl (C=O) groups is 3. The second-order valence-electron chi connectivity index (χ2n) is 8.80. The van der Waals surface area contributed by atoms with Gasteiger partial charge in [0.25, 0.3) is 10.1 Å². The van der Waals surface area contributed by atoms with Crippen LogP contribution in [-0.4, -0.2) is 112 Å². The zero-order valence-corrected chi connectivity index (χ0v) is 23.3.